The summed E-state index contributed by atoms with van der Waals surface area (Å²) in [4.78, 5) is 0. The number of aryl methyl sites for hydroxylation is 1. The minimum Gasteiger partial charge on any atom is -0.493 e. The van der Waals surface area contributed by atoms with Crippen LogP contribution in [0.4, 0.5) is 0 Å². The summed E-state index contributed by atoms with van der Waals surface area (Å²) in [6, 6.07) is 1.41. The number of ether oxygens (including phenoxy) is 1. The van der Waals surface area contributed by atoms with Crippen LogP contribution in [0.25, 0.3) is 0 Å². The molecule has 19 heavy (non-hydrogen) atoms. The zero-order valence-corrected chi connectivity index (χ0v) is 12.5. The quantitative estimate of drug-likeness (QED) is 0.748. The number of benzene rings is 1. The van der Waals surface area contributed by atoms with Crippen molar-refractivity contribution in [1.82, 2.24) is 0 Å². The molecule has 0 bridgehead atoms. The molecular formula is C14H23ClN2O2. The van der Waals surface area contributed by atoms with E-state index >= 15 is 0 Å². The molecule has 1 aromatic rings. The Morgan fingerprint density at radius 3 is 2.58 bits per heavy atom. The van der Waals surface area contributed by atoms with Gasteiger partial charge in [0.15, 0.2) is 0 Å². The van der Waals surface area contributed by atoms with Crippen LogP contribution in [0.15, 0.2) is 6.07 Å². The van der Waals surface area contributed by atoms with Crippen molar-refractivity contribution in [2.24, 2.45) is 11.5 Å². The molecule has 0 spiro atoms. The van der Waals surface area contributed by atoms with Gasteiger partial charge in [-0.25, -0.2) is 0 Å². The van der Waals surface area contributed by atoms with Gasteiger partial charge in [0.2, 0.25) is 0 Å². The molecule has 0 amide bonds. The highest BCUT2D eigenvalue weighted by molar-refractivity contribution is 6.31. The van der Waals surface area contributed by atoms with E-state index in [1.165, 1.54) is 0 Å². The van der Waals surface area contributed by atoms with Gasteiger partial charge in [0.25, 0.3) is 0 Å². The van der Waals surface area contributed by atoms with Crippen LogP contribution in [-0.2, 0) is 0 Å². The Bertz CT molecular complexity index is 438. The number of halogens is 1. The third-order valence-electron chi connectivity index (χ3n) is 3.20. The van der Waals surface area contributed by atoms with Gasteiger partial charge >= 0.3 is 0 Å². The molecule has 0 aliphatic heterocycles. The average molecular weight is 287 g/mol. The van der Waals surface area contributed by atoms with E-state index in [2.05, 4.69) is 0 Å². The normalized spacial score (nSPS) is 14.3. The van der Waals surface area contributed by atoms with Gasteiger partial charge in [-0.1, -0.05) is 11.6 Å². The van der Waals surface area contributed by atoms with Crippen molar-refractivity contribution in [2.75, 3.05) is 13.2 Å². The summed E-state index contributed by atoms with van der Waals surface area (Å²) in [6.07, 6.45) is -0.292. The maximum atomic E-state index is 10.4. The molecule has 0 aromatic heterocycles. The highest BCUT2D eigenvalue weighted by atomic mass is 35.5. The summed E-state index contributed by atoms with van der Waals surface area (Å²) < 4.78 is 5.65. The van der Waals surface area contributed by atoms with Crippen LogP contribution >= 0.6 is 11.6 Å². The van der Waals surface area contributed by atoms with Gasteiger partial charge < -0.3 is 21.3 Å². The van der Waals surface area contributed by atoms with E-state index in [1.807, 2.05) is 26.8 Å². The molecular weight excluding hydrogens is 264 g/mol. The van der Waals surface area contributed by atoms with Crippen molar-refractivity contribution in [3.05, 3.63) is 27.8 Å². The summed E-state index contributed by atoms with van der Waals surface area (Å²) in [7, 11) is 0. The van der Waals surface area contributed by atoms with Crippen molar-refractivity contribution in [3.63, 3.8) is 0 Å². The minimum atomic E-state index is -0.831. The second-order valence-corrected chi connectivity index (χ2v) is 5.07. The lowest BCUT2D eigenvalue weighted by Crippen LogP contribution is -2.31. The van der Waals surface area contributed by atoms with Crippen molar-refractivity contribution < 1.29 is 9.84 Å². The highest BCUT2D eigenvalue weighted by Gasteiger charge is 2.25. The van der Waals surface area contributed by atoms with Crippen LogP contribution in [0.3, 0.4) is 0 Å². The molecule has 1 aromatic carbocycles. The third-order valence-corrected chi connectivity index (χ3v) is 3.59. The van der Waals surface area contributed by atoms with Crippen molar-refractivity contribution >= 4 is 11.6 Å². The Morgan fingerprint density at radius 2 is 2.05 bits per heavy atom. The van der Waals surface area contributed by atoms with Gasteiger partial charge in [0.05, 0.1) is 12.7 Å². The van der Waals surface area contributed by atoms with E-state index in [9.17, 15) is 5.11 Å². The van der Waals surface area contributed by atoms with E-state index in [4.69, 9.17) is 27.8 Å². The number of hydrogen-bond acceptors (Lipinski definition) is 4. The lowest BCUT2D eigenvalue weighted by molar-refractivity contribution is 0.137. The van der Waals surface area contributed by atoms with Crippen LogP contribution in [0.1, 0.15) is 36.1 Å². The Hall–Kier alpha value is -0.810. The maximum absolute atomic E-state index is 10.4. The smallest absolute Gasteiger partial charge is 0.128 e. The topological polar surface area (TPSA) is 81.5 Å². The van der Waals surface area contributed by atoms with Crippen molar-refractivity contribution in [2.45, 2.75) is 39.3 Å². The van der Waals surface area contributed by atoms with Crippen molar-refractivity contribution in [3.8, 4) is 5.75 Å². The fourth-order valence-electron chi connectivity index (χ4n) is 2.13. The fraction of sp³-hybridized carbons (Fsp3) is 0.571. The molecule has 2 unspecified atom stereocenters. The Morgan fingerprint density at radius 1 is 1.42 bits per heavy atom. The minimum absolute atomic E-state index is 0.430. The number of rotatable bonds is 6. The van der Waals surface area contributed by atoms with Crippen LogP contribution in [0.5, 0.6) is 5.75 Å². The van der Waals surface area contributed by atoms with Gasteiger partial charge in [0.1, 0.15) is 5.75 Å². The second-order valence-electron chi connectivity index (χ2n) is 4.66. The van der Waals surface area contributed by atoms with Gasteiger partial charge in [-0.2, -0.15) is 0 Å². The predicted octanol–water partition coefficient (Wildman–Crippen LogP) is 2.07. The molecule has 0 saturated heterocycles. The molecule has 5 heteroatoms. The number of nitrogens with two attached hydrogens (primary N) is 2. The zero-order valence-electron chi connectivity index (χ0n) is 11.7. The molecule has 108 valence electrons. The molecule has 1 rings (SSSR count). The van der Waals surface area contributed by atoms with E-state index in [0.717, 1.165) is 11.1 Å². The first-order valence-corrected chi connectivity index (χ1v) is 6.87. The molecule has 0 fully saturated rings. The highest BCUT2D eigenvalue weighted by Crippen LogP contribution is 2.37. The largest absolute Gasteiger partial charge is 0.493 e. The molecule has 0 radical (unpaired) electrons. The molecule has 4 nitrogen and oxygen atoms in total. The summed E-state index contributed by atoms with van der Waals surface area (Å²) in [5, 5.41) is 11.0. The van der Waals surface area contributed by atoms with Gasteiger partial charge in [-0.15, -0.1) is 0 Å². The number of aliphatic hydroxyl groups excluding tert-OH is 1. The van der Waals surface area contributed by atoms with Gasteiger partial charge in [-0.3, -0.25) is 0 Å². The first-order valence-electron chi connectivity index (χ1n) is 6.50. The Balaban J connectivity index is 3.29. The summed E-state index contributed by atoms with van der Waals surface area (Å²) in [5.74, 6) is 0.671. The number of aliphatic hydroxyl groups is 1. The van der Waals surface area contributed by atoms with E-state index in [-0.39, 0.29) is 0 Å². The van der Waals surface area contributed by atoms with E-state index in [0.29, 0.717) is 35.9 Å². The van der Waals surface area contributed by atoms with Crippen molar-refractivity contribution in [1.29, 1.82) is 0 Å². The first kappa shape index (κ1) is 16.2. The van der Waals surface area contributed by atoms with Gasteiger partial charge in [-0.05, 0) is 50.9 Å². The average Bonchev–Trinajstić information content (AvgIpc) is 2.36. The monoisotopic (exact) mass is 286 g/mol. The molecule has 0 saturated carbocycles. The lowest BCUT2D eigenvalue weighted by atomic mass is 9.93. The zero-order chi connectivity index (χ0) is 14.6. The van der Waals surface area contributed by atoms with Gasteiger partial charge in [0, 0.05) is 16.6 Å². The number of hydrogen-bond donors (Lipinski definition) is 3. The maximum Gasteiger partial charge on any atom is 0.128 e. The fourth-order valence-corrected chi connectivity index (χ4v) is 2.40. The molecule has 0 aliphatic rings. The van der Waals surface area contributed by atoms with Crippen LogP contribution < -0.4 is 16.2 Å². The third kappa shape index (κ3) is 3.60. The molecule has 0 heterocycles. The van der Waals surface area contributed by atoms with Crippen LogP contribution in [0.2, 0.25) is 5.02 Å². The first-order chi connectivity index (χ1) is 8.93. The predicted molar refractivity (Wildman–Crippen MR) is 78.7 cm³/mol. The molecule has 5 N–H and O–H groups in total. The Kier molecular flexibility index (Phi) is 6.07. The van der Waals surface area contributed by atoms with Crippen LogP contribution in [0, 0.1) is 13.8 Å². The molecule has 2 atom stereocenters. The SMILES string of the molecule is CCOc1c(C)cc(Cl)c(C)c1C(O)C(N)CCN. The van der Waals surface area contributed by atoms with E-state index < -0.39 is 12.1 Å². The summed E-state index contributed by atoms with van der Waals surface area (Å²) >= 11 is 6.18. The standard InChI is InChI=1S/C14H23ClN2O2/c1-4-19-14-8(2)7-10(15)9(3)12(14)13(18)11(17)5-6-16/h7,11,13,18H,4-6,16-17H2,1-3H3. The summed E-state index contributed by atoms with van der Waals surface area (Å²) in [5.41, 5.74) is 13.8. The summed E-state index contributed by atoms with van der Waals surface area (Å²) in [6.45, 7) is 6.62. The molecule has 0 aliphatic carbocycles. The van der Waals surface area contributed by atoms with Crippen LogP contribution in [-0.4, -0.2) is 24.3 Å². The lowest BCUT2D eigenvalue weighted by Gasteiger charge is -2.25. The second kappa shape index (κ2) is 7.10. The van der Waals surface area contributed by atoms with E-state index in [1.54, 1.807) is 0 Å². The Labute approximate surface area is 119 Å².